The maximum atomic E-state index is 13.2. The van der Waals surface area contributed by atoms with Crippen LogP contribution in [0.4, 0.5) is 0 Å². The highest BCUT2D eigenvalue weighted by atomic mass is 32.1. The number of rotatable bonds is 12. The van der Waals surface area contributed by atoms with Gasteiger partial charge >= 0.3 is 0 Å². The van der Waals surface area contributed by atoms with Gasteiger partial charge in [0.25, 0.3) is 0 Å². The number of unbranched alkanes of at least 4 members (excludes halogenated alkanes) is 2. The molecule has 0 radical (unpaired) electrons. The minimum absolute atomic E-state index is 0.0262. The van der Waals surface area contributed by atoms with Crippen molar-refractivity contribution in [3.05, 3.63) is 70.4 Å². The molecule has 0 saturated carbocycles. The number of hydrogen-bond acceptors (Lipinski definition) is 3. The fraction of sp³-hybridized carbons (Fsp3) is 0.417. The lowest BCUT2D eigenvalue weighted by Crippen LogP contribution is -2.42. The minimum atomic E-state index is -0.0365. The Morgan fingerprint density at radius 1 is 1.00 bits per heavy atom. The Balaban J connectivity index is 2.10. The summed E-state index contributed by atoms with van der Waals surface area (Å²) in [6.45, 7) is 9.51. The van der Waals surface area contributed by atoms with Crippen LogP contribution in [-0.4, -0.2) is 34.7 Å². The fourth-order valence-electron chi connectivity index (χ4n) is 3.15. The molecule has 0 aliphatic heterocycles. The smallest absolute Gasteiger partial charge is 0.242 e. The Labute approximate surface area is 178 Å². The topological polar surface area (TPSA) is 40.6 Å². The molecule has 0 saturated heterocycles. The van der Waals surface area contributed by atoms with Crippen molar-refractivity contribution >= 4 is 23.2 Å². The van der Waals surface area contributed by atoms with Crippen molar-refractivity contribution in [2.45, 2.75) is 52.6 Å². The minimum Gasteiger partial charge on any atom is -0.332 e. The van der Waals surface area contributed by atoms with Crippen molar-refractivity contribution in [2.24, 2.45) is 0 Å². The maximum Gasteiger partial charge on any atom is 0.242 e. The van der Waals surface area contributed by atoms with E-state index in [1.807, 2.05) is 35.2 Å². The molecule has 0 aliphatic rings. The van der Waals surface area contributed by atoms with Gasteiger partial charge in [0.15, 0.2) is 0 Å². The van der Waals surface area contributed by atoms with E-state index in [4.69, 9.17) is 0 Å². The number of thiophene rings is 1. The molecule has 29 heavy (non-hydrogen) atoms. The average molecular weight is 413 g/mol. The first kappa shape index (κ1) is 22.9. The monoisotopic (exact) mass is 412 g/mol. The molecule has 1 heterocycles. The van der Waals surface area contributed by atoms with E-state index in [0.717, 1.165) is 29.7 Å². The van der Waals surface area contributed by atoms with Crippen LogP contribution >= 0.6 is 11.3 Å². The number of carbonyl (C=O) groups is 2. The SMILES string of the molecule is C=CCN(CC(=O)N(Cc1ccccc1)Cc1ccc(C)s1)C(=O)CCCCC. The summed E-state index contributed by atoms with van der Waals surface area (Å²) in [5, 5.41) is 0. The molecule has 156 valence electrons. The van der Waals surface area contributed by atoms with E-state index in [0.29, 0.717) is 26.1 Å². The summed E-state index contributed by atoms with van der Waals surface area (Å²) in [6, 6.07) is 14.1. The molecule has 1 aromatic heterocycles. The number of nitrogens with zero attached hydrogens (tertiary/aromatic N) is 2. The predicted molar refractivity (Wildman–Crippen MR) is 121 cm³/mol. The van der Waals surface area contributed by atoms with Crippen LogP contribution in [0.5, 0.6) is 0 Å². The van der Waals surface area contributed by atoms with Crippen molar-refractivity contribution in [1.29, 1.82) is 0 Å². The van der Waals surface area contributed by atoms with Gasteiger partial charge in [0.1, 0.15) is 6.54 Å². The van der Waals surface area contributed by atoms with Crippen molar-refractivity contribution < 1.29 is 9.59 Å². The Morgan fingerprint density at radius 3 is 2.38 bits per heavy atom. The molecular formula is C24H32N2O2S. The summed E-state index contributed by atoms with van der Waals surface area (Å²) in [6.07, 6.45) is 5.13. The lowest BCUT2D eigenvalue weighted by atomic mass is 10.2. The van der Waals surface area contributed by atoms with Gasteiger partial charge in [-0.25, -0.2) is 0 Å². The third kappa shape index (κ3) is 7.86. The molecule has 0 spiro atoms. The first-order chi connectivity index (χ1) is 14.0. The lowest BCUT2D eigenvalue weighted by Gasteiger charge is -2.27. The first-order valence-corrected chi connectivity index (χ1v) is 11.1. The van der Waals surface area contributed by atoms with E-state index in [1.165, 1.54) is 4.88 Å². The van der Waals surface area contributed by atoms with Crippen molar-refractivity contribution in [3.8, 4) is 0 Å². The summed E-state index contributed by atoms with van der Waals surface area (Å²) in [4.78, 5) is 31.6. The largest absolute Gasteiger partial charge is 0.332 e. The normalized spacial score (nSPS) is 10.6. The van der Waals surface area contributed by atoms with Crippen molar-refractivity contribution in [1.82, 2.24) is 9.80 Å². The Morgan fingerprint density at radius 2 is 1.76 bits per heavy atom. The van der Waals surface area contributed by atoms with Gasteiger partial charge in [0, 0.05) is 29.3 Å². The zero-order valence-corrected chi connectivity index (χ0v) is 18.4. The molecule has 2 amide bonds. The molecule has 2 aromatic rings. The van der Waals surface area contributed by atoms with Gasteiger partial charge in [-0.15, -0.1) is 17.9 Å². The number of amides is 2. The van der Waals surface area contributed by atoms with Gasteiger partial charge in [0.05, 0.1) is 6.54 Å². The second-order valence-corrected chi connectivity index (χ2v) is 8.64. The van der Waals surface area contributed by atoms with Gasteiger partial charge in [0.2, 0.25) is 11.8 Å². The molecule has 0 unspecified atom stereocenters. The molecule has 5 heteroatoms. The van der Waals surface area contributed by atoms with Gasteiger partial charge in [-0.3, -0.25) is 9.59 Å². The summed E-state index contributed by atoms with van der Waals surface area (Å²) in [5.41, 5.74) is 1.08. The van der Waals surface area contributed by atoms with Gasteiger partial charge in [-0.2, -0.15) is 0 Å². The standard InChI is InChI=1S/C24H32N2O2S/c1-4-6-8-13-23(27)25(16-5-2)19-24(28)26(17-21-11-9-7-10-12-21)18-22-15-14-20(3)29-22/h5,7,9-12,14-15H,2,4,6,8,13,16-19H2,1,3H3. The van der Waals surface area contributed by atoms with E-state index < -0.39 is 0 Å². The van der Waals surface area contributed by atoms with E-state index in [-0.39, 0.29) is 18.4 Å². The van der Waals surface area contributed by atoms with Crippen LogP contribution in [0, 0.1) is 6.92 Å². The van der Waals surface area contributed by atoms with Crippen LogP contribution < -0.4 is 0 Å². The Bertz CT molecular complexity index is 785. The molecular weight excluding hydrogens is 380 g/mol. The summed E-state index contributed by atoms with van der Waals surface area (Å²) in [5.74, 6) is -0.0103. The predicted octanol–water partition coefficient (Wildman–Crippen LogP) is 5.18. The molecule has 1 aromatic carbocycles. The third-order valence-electron chi connectivity index (χ3n) is 4.73. The second kappa shape index (κ2) is 12.2. The number of benzene rings is 1. The second-order valence-electron chi connectivity index (χ2n) is 7.27. The summed E-state index contributed by atoms with van der Waals surface area (Å²) < 4.78 is 0. The van der Waals surface area contributed by atoms with E-state index in [2.05, 4.69) is 32.6 Å². The maximum absolute atomic E-state index is 13.2. The molecule has 4 nitrogen and oxygen atoms in total. The van der Waals surface area contributed by atoms with Crippen molar-refractivity contribution in [2.75, 3.05) is 13.1 Å². The summed E-state index contributed by atoms with van der Waals surface area (Å²) >= 11 is 1.70. The fourth-order valence-corrected chi connectivity index (χ4v) is 4.06. The zero-order chi connectivity index (χ0) is 21.1. The summed E-state index contributed by atoms with van der Waals surface area (Å²) in [7, 11) is 0. The van der Waals surface area contributed by atoms with Crippen LogP contribution in [0.1, 0.15) is 47.9 Å². The third-order valence-corrected chi connectivity index (χ3v) is 5.72. The van der Waals surface area contributed by atoms with Gasteiger partial charge in [-0.1, -0.05) is 56.2 Å². The Hall–Kier alpha value is -2.40. The highest BCUT2D eigenvalue weighted by Gasteiger charge is 2.21. The number of aryl methyl sites for hydroxylation is 1. The van der Waals surface area contributed by atoms with Crippen LogP contribution in [0.25, 0.3) is 0 Å². The molecule has 0 aliphatic carbocycles. The van der Waals surface area contributed by atoms with Crippen molar-refractivity contribution in [3.63, 3.8) is 0 Å². The Kier molecular flexibility index (Phi) is 9.65. The number of carbonyl (C=O) groups excluding carboxylic acids is 2. The number of hydrogen-bond donors (Lipinski definition) is 0. The van der Waals surface area contributed by atoms with E-state index in [9.17, 15) is 9.59 Å². The molecule has 0 N–H and O–H groups in total. The molecule has 0 fully saturated rings. The first-order valence-electron chi connectivity index (χ1n) is 10.3. The highest BCUT2D eigenvalue weighted by molar-refractivity contribution is 7.11. The quantitative estimate of drug-likeness (QED) is 0.356. The van der Waals surface area contributed by atoms with Crippen LogP contribution in [0.15, 0.2) is 55.1 Å². The van der Waals surface area contributed by atoms with Crippen LogP contribution in [0.2, 0.25) is 0 Å². The van der Waals surface area contributed by atoms with Crippen LogP contribution in [-0.2, 0) is 22.7 Å². The zero-order valence-electron chi connectivity index (χ0n) is 17.6. The molecule has 0 bridgehead atoms. The molecule has 0 atom stereocenters. The van der Waals surface area contributed by atoms with Crippen LogP contribution in [0.3, 0.4) is 0 Å². The van der Waals surface area contributed by atoms with E-state index >= 15 is 0 Å². The van der Waals surface area contributed by atoms with Gasteiger partial charge < -0.3 is 9.80 Å². The highest BCUT2D eigenvalue weighted by Crippen LogP contribution is 2.19. The lowest BCUT2D eigenvalue weighted by molar-refractivity contribution is -0.140. The average Bonchev–Trinajstić information content (AvgIpc) is 3.12. The van der Waals surface area contributed by atoms with Gasteiger partial charge in [-0.05, 0) is 31.0 Å². The molecule has 2 rings (SSSR count). The van der Waals surface area contributed by atoms with E-state index in [1.54, 1.807) is 22.3 Å².